The van der Waals surface area contributed by atoms with Crippen LogP contribution in [-0.4, -0.2) is 25.8 Å². The molecule has 5 nitrogen and oxygen atoms in total. The van der Waals surface area contributed by atoms with Gasteiger partial charge in [0.15, 0.2) is 5.82 Å². The minimum atomic E-state index is -4.30. The number of aromatic nitrogens is 4. The normalized spacial score (nSPS) is 16.5. The number of alkyl halides is 3. The lowest BCUT2D eigenvalue weighted by Crippen LogP contribution is -2.28. The van der Waals surface area contributed by atoms with Gasteiger partial charge in [0.2, 0.25) is 5.95 Å². The maximum Gasteiger partial charge on any atom is 0.398 e. The molecule has 0 unspecified atom stereocenters. The first-order valence-electron chi connectivity index (χ1n) is 7.15. The molecule has 0 atom stereocenters. The van der Waals surface area contributed by atoms with Gasteiger partial charge in [-0.3, -0.25) is 4.98 Å². The highest BCUT2D eigenvalue weighted by Crippen LogP contribution is 2.58. The molecule has 1 fully saturated rings. The van der Waals surface area contributed by atoms with E-state index in [0.29, 0.717) is 11.4 Å². The smallest absolute Gasteiger partial charge is 0.367 e. The van der Waals surface area contributed by atoms with Crippen molar-refractivity contribution in [2.75, 3.05) is 5.73 Å². The van der Waals surface area contributed by atoms with Crippen molar-refractivity contribution in [3.05, 3.63) is 42.0 Å². The molecule has 9 heteroatoms. The second-order valence-corrected chi connectivity index (χ2v) is 5.80. The standard InChI is InChI=1S/C15H11F4N5/c16-9-5-11(24-12(9)7-22-13(20)23-24)10-2-1-8(6-21-10)14(3-4-14)15(17,18)19/h1-2,5-7H,3-4H2,(H2,20,23). The molecule has 2 N–H and O–H groups in total. The van der Waals surface area contributed by atoms with Crippen molar-refractivity contribution < 1.29 is 17.6 Å². The number of rotatable bonds is 2. The number of anilines is 1. The van der Waals surface area contributed by atoms with Crippen molar-refractivity contribution in [3.63, 3.8) is 0 Å². The minimum Gasteiger partial charge on any atom is -0.367 e. The maximum atomic E-state index is 13.9. The van der Waals surface area contributed by atoms with E-state index in [9.17, 15) is 17.6 Å². The SMILES string of the molecule is Nc1ncc2c(F)cc(-c3ccc(C4(C(F)(F)F)CC4)cn3)n2n1. The summed E-state index contributed by atoms with van der Waals surface area (Å²) in [5, 5.41) is 3.92. The third-order valence-corrected chi connectivity index (χ3v) is 4.36. The van der Waals surface area contributed by atoms with Crippen molar-refractivity contribution in [2.24, 2.45) is 0 Å². The second kappa shape index (κ2) is 4.65. The van der Waals surface area contributed by atoms with Gasteiger partial charge >= 0.3 is 6.18 Å². The summed E-state index contributed by atoms with van der Waals surface area (Å²) in [5.41, 5.74) is 4.53. The molecule has 0 radical (unpaired) electrons. The Morgan fingerprint density at radius 1 is 1.12 bits per heavy atom. The fraction of sp³-hybridized carbons (Fsp3) is 0.267. The molecule has 0 bridgehead atoms. The van der Waals surface area contributed by atoms with Gasteiger partial charge in [0.25, 0.3) is 0 Å². The van der Waals surface area contributed by atoms with E-state index >= 15 is 0 Å². The Bertz CT molecular complexity index is 925. The van der Waals surface area contributed by atoms with E-state index in [2.05, 4.69) is 15.1 Å². The third-order valence-electron chi connectivity index (χ3n) is 4.36. The molecule has 124 valence electrons. The van der Waals surface area contributed by atoms with Gasteiger partial charge in [-0.1, -0.05) is 6.07 Å². The van der Waals surface area contributed by atoms with Gasteiger partial charge in [-0.05, 0) is 24.5 Å². The predicted molar refractivity (Wildman–Crippen MR) is 77.6 cm³/mol. The number of fused-ring (bicyclic) bond motifs is 1. The molecule has 3 aromatic rings. The Kier molecular flexibility index (Phi) is 2.88. The zero-order valence-corrected chi connectivity index (χ0v) is 12.2. The highest BCUT2D eigenvalue weighted by atomic mass is 19.4. The topological polar surface area (TPSA) is 69.1 Å². The van der Waals surface area contributed by atoms with Crippen molar-refractivity contribution in [3.8, 4) is 11.4 Å². The van der Waals surface area contributed by atoms with E-state index in [1.165, 1.54) is 35.1 Å². The Morgan fingerprint density at radius 3 is 2.46 bits per heavy atom. The van der Waals surface area contributed by atoms with Gasteiger partial charge in [0.1, 0.15) is 5.52 Å². The molecule has 1 aliphatic rings. The molecule has 0 amide bonds. The Balaban J connectivity index is 1.78. The number of hydrogen-bond acceptors (Lipinski definition) is 4. The van der Waals surface area contributed by atoms with Crippen molar-refractivity contribution >= 4 is 11.5 Å². The monoisotopic (exact) mass is 337 g/mol. The number of nitrogen functional groups attached to an aromatic ring is 1. The van der Waals surface area contributed by atoms with E-state index in [4.69, 9.17) is 5.73 Å². The van der Waals surface area contributed by atoms with Gasteiger partial charge in [-0.2, -0.15) is 13.2 Å². The van der Waals surface area contributed by atoms with Crippen LogP contribution in [0, 0.1) is 5.82 Å². The Morgan fingerprint density at radius 2 is 1.88 bits per heavy atom. The number of pyridine rings is 1. The lowest BCUT2D eigenvalue weighted by molar-refractivity contribution is -0.160. The molecule has 24 heavy (non-hydrogen) atoms. The zero-order valence-electron chi connectivity index (χ0n) is 12.2. The summed E-state index contributed by atoms with van der Waals surface area (Å²) in [6, 6.07) is 4.01. The quantitative estimate of drug-likeness (QED) is 0.730. The molecule has 0 saturated heterocycles. The zero-order chi connectivity index (χ0) is 17.1. The van der Waals surface area contributed by atoms with Crippen LogP contribution in [0.5, 0.6) is 0 Å². The molecule has 4 rings (SSSR count). The predicted octanol–water partition coefficient (Wildman–Crippen LogP) is 3.11. The molecule has 3 heterocycles. The van der Waals surface area contributed by atoms with Gasteiger partial charge in [-0.15, -0.1) is 5.10 Å². The minimum absolute atomic E-state index is 0.0509. The second-order valence-electron chi connectivity index (χ2n) is 5.80. The first kappa shape index (κ1) is 14.9. The average molecular weight is 337 g/mol. The number of halogens is 4. The van der Waals surface area contributed by atoms with Gasteiger partial charge in [0.05, 0.1) is 23.0 Å². The summed E-state index contributed by atoms with van der Waals surface area (Å²) in [6.07, 6.45) is -1.75. The molecule has 0 aliphatic heterocycles. The summed E-state index contributed by atoms with van der Waals surface area (Å²) < 4.78 is 54.6. The summed E-state index contributed by atoms with van der Waals surface area (Å²) in [6.45, 7) is 0. The lowest BCUT2D eigenvalue weighted by atomic mass is 9.97. The Labute approximate surface area is 133 Å². The summed E-state index contributed by atoms with van der Waals surface area (Å²) in [7, 11) is 0. The van der Waals surface area contributed by atoms with Gasteiger partial charge < -0.3 is 5.73 Å². The number of nitrogens with two attached hydrogens (primary N) is 1. The van der Waals surface area contributed by atoms with E-state index in [1.807, 2.05) is 0 Å². The fourth-order valence-corrected chi connectivity index (χ4v) is 2.84. The molecular formula is C15H11F4N5. The molecule has 1 aliphatic carbocycles. The van der Waals surface area contributed by atoms with Crippen molar-refractivity contribution in [2.45, 2.75) is 24.4 Å². The van der Waals surface area contributed by atoms with E-state index in [0.717, 1.165) is 0 Å². The molecular weight excluding hydrogens is 326 g/mol. The van der Waals surface area contributed by atoms with Crippen LogP contribution >= 0.6 is 0 Å². The van der Waals surface area contributed by atoms with Crippen LogP contribution in [0.4, 0.5) is 23.5 Å². The number of hydrogen-bond donors (Lipinski definition) is 1. The summed E-state index contributed by atoms with van der Waals surface area (Å²) >= 11 is 0. The molecule has 0 aromatic carbocycles. The lowest BCUT2D eigenvalue weighted by Gasteiger charge is -2.19. The van der Waals surface area contributed by atoms with Crippen LogP contribution in [0.2, 0.25) is 0 Å². The third kappa shape index (κ3) is 2.04. The summed E-state index contributed by atoms with van der Waals surface area (Å²) in [4.78, 5) is 7.79. The van der Waals surface area contributed by atoms with Crippen LogP contribution in [0.3, 0.4) is 0 Å². The molecule has 3 aromatic heterocycles. The van der Waals surface area contributed by atoms with Crippen LogP contribution in [0.25, 0.3) is 16.9 Å². The fourth-order valence-electron chi connectivity index (χ4n) is 2.84. The van der Waals surface area contributed by atoms with Crippen molar-refractivity contribution in [1.82, 2.24) is 19.6 Å². The number of nitrogens with zero attached hydrogens (tertiary/aromatic N) is 4. The average Bonchev–Trinajstić information content (AvgIpc) is 3.29. The highest BCUT2D eigenvalue weighted by Gasteiger charge is 2.64. The highest BCUT2D eigenvalue weighted by molar-refractivity contribution is 5.64. The first-order valence-corrected chi connectivity index (χ1v) is 7.15. The van der Waals surface area contributed by atoms with E-state index in [-0.39, 0.29) is 29.9 Å². The van der Waals surface area contributed by atoms with Crippen molar-refractivity contribution in [1.29, 1.82) is 0 Å². The van der Waals surface area contributed by atoms with E-state index < -0.39 is 17.4 Å². The van der Waals surface area contributed by atoms with Crippen LogP contribution in [-0.2, 0) is 5.41 Å². The Hall–Kier alpha value is -2.71. The van der Waals surface area contributed by atoms with Crippen LogP contribution in [0.15, 0.2) is 30.6 Å². The molecule has 1 saturated carbocycles. The van der Waals surface area contributed by atoms with Gasteiger partial charge in [-0.25, -0.2) is 13.9 Å². The first-order chi connectivity index (χ1) is 11.3. The largest absolute Gasteiger partial charge is 0.398 e. The maximum absolute atomic E-state index is 13.9. The van der Waals surface area contributed by atoms with Gasteiger partial charge in [0, 0.05) is 12.3 Å². The summed E-state index contributed by atoms with van der Waals surface area (Å²) in [5.74, 6) is -0.616. The van der Waals surface area contributed by atoms with Crippen LogP contribution in [0.1, 0.15) is 18.4 Å². The van der Waals surface area contributed by atoms with E-state index in [1.54, 1.807) is 0 Å². The van der Waals surface area contributed by atoms with Crippen LogP contribution < -0.4 is 5.73 Å². The molecule has 0 spiro atoms.